The summed E-state index contributed by atoms with van der Waals surface area (Å²) in [6, 6.07) is 78.1. The largest absolute Gasteiger partial charge is 0.456 e. The SMILES string of the molecule is CC1(C)c2ccccc2-c2cccc(-c3ccccc3N(c3ccc4c(c3)C(c3ccccc3)(c3ccccc3)c3ccccc3-4)c3ccc4oc5ccccc5c4c3)c21. The summed E-state index contributed by atoms with van der Waals surface area (Å²) in [6.07, 6.45) is 0. The lowest BCUT2D eigenvalue weighted by molar-refractivity contribution is 0.662. The Labute approximate surface area is 350 Å². The molecule has 0 saturated heterocycles. The van der Waals surface area contributed by atoms with Gasteiger partial charge in [0.25, 0.3) is 0 Å². The molecule has 0 unspecified atom stereocenters. The Hall–Kier alpha value is -7.42. The fraction of sp³-hybridized carbons (Fsp3) is 0.0690. The van der Waals surface area contributed by atoms with Crippen molar-refractivity contribution in [2.75, 3.05) is 4.90 Å². The fourth-order valence-electron chi connectivity index (χ4n) is 10.8. The first-order valence-electron chi connectivity index (χ1n) is 20.9. The van der Waals surface area contributed by atoms with E-state index in [9.17, 15) is 0 Å². The van der Waals surface area contributed by atoms with Gasteiger partial charge in [0.2, 0.25) is 0 Å². The van der Waals surface area contributed by atoms with Crippen LogP contribution in [-0.4, -0.2) is 0 Å². The van der Waals surface area contributed by atoms with Crippen molar-refractivity contribution >= 4 is 39.0 Å². The average molecular weight is 768 g/mol. The lowest BCUT2D eigenvalue weighted by atomic mass is 9.67. The van der Waals surface area contributed by atoms with Crippen molar-refractivity contribution in [1.82, 2.24) is 0 Å². The van der Waals surface area contributed by atoms with Gasteiger partial charge in [-0.1, -0.05) is 184 Å². The first-order chi connectivity index (χ1) is 29.5. The van der Waals surface area contributed by atoms with E-state index in [1.165, 1.54) is 66.8 Å². The zero-order valence-electron chi connectivity index (χ0n) is 33.6. The fourth-order valence-corrected chi connectivity index (χ4v) is 10.8. The van der Waals surface area contributed by atoms with Crippen molar-refractivity contribution in [3.8, 4) is 33.4 Å². The van der Waals surface area contributed by atoms with E-state index in [1.807, 2.05) is 6.07 Å². The number of rotatable bonds is 6. The number of anilines is 3. The maximum absolute atomic E-state index is 6.40. The van der Waals surface area contributed by atoms with Crippen LogP contribution in [0.4, 0.5) is 17.1 Å². The highest BCUT2D eigenvalue weighted by Crippen LogP contribution is 2.58. The Morgan fingerprint density at radius 3 is 1.63 bits per heavy atom. The number of fused-ring (bicyclic) bond motifs is 9. The van der Waals surface area contributed by atoms with E-state index >= 15 is 0 Å². The lowest BCUT2D eigenvalue weighted by Crippen LogP contribution is -2.28. The molecule has 0 saturated carbocycles. The van der Waals surface area contributed by atoms with Crippen molar-refractivity contribution in [2.45, 2.75) is 24.7 Å². The van der Waals surface area contributed by atoms with Gasteiger partial charge >= 0.3 is 0 Å². The van der Waals surface area contributed by atoms with Crippen LogP contribution in [0, 0.1) is 0 Å². The molecule has 2 heteroatoms. The summed E-state index contributed by atoms with van der Waals surface area (Å²) >= 11 is 0. The smallest absolute Gasteiger partial charge is 0.135 e. The van der Waals surface area contributed by atoms with Gasteiger partial charge in [0.15, 0.2) is 0 Å². The molecule has 2 nitrogen and oxygen atoms in total. The van der Waals surface area contributed by atoms with Crippen molar-refractivity contribution in [1.29, 1.82) is 0 Å². The summed E-state index contributed by atoms with van der Waals surface area (Å²) < 4.78 is 6.40. The molecule has 0 bridgehead atoms. The Bertz CT molecular complexity index is 3260. The van der Waals surface area contributed by atoms with E-state index in [-0.39, 0.29) is 5.41 Å². The van der Waals surface area contributed by atoms with E-state index in [1.54, 1.807) is 0 Å². The van der Waals surface area contributed by atoms with Gasteiger partial charge in [-0.25, -0.2) is 0 Å². The molecule has 1 aromatic heterocycles. The highest BCUT2D eigenvalue weighted by molar-refractivity contribution is 6.07. The van der Waals surface area contributed by atoms with Gasteiger partial charge in [-0.2, -0.15) is 0 Å². The minimum Gasteiger partial charge on any atom is -0.456 e. The minimum absolute atomic E-state index is 0.181. The topological polar surface area (TPSA) is 16.4 Å². The van der Waals surface area contributed by atoms with Crippen molar-refractivity contribution in [3.05, 3.63) is 246 Å². The summed E-state index contributed by atoms with van der Waals surface area (Å²) in [5.74, 6) is 0. The number of furan rings is 1. The molecule has 60 heavy (non-hydrogen) atoms. The maximum Gasteiger partial charge on any atom is 0.135 e. The van der Waals surface area contributed by atoms with Crippen LogP contribution >= 0.6 is 0 Å². The first kappa shape index (κ1) is 34.6. The van der Waals surface area contributed by atoms with Gasteiger partial charge in [-0.05, 0) is 104 Å². The molecule has 0 aliphatic heterocycles. The van der Waals surface area contributed by atoms with Gasteiger partial charge in [0.1, 0.15) is 11.2 Å². The molecule has 284 valence electrons. The van der Waals surface area contributed by atoms with E-state index in [0.29, 0.717) is 0 Å². The van der Waals surface area contributed by atoms with Crippen molar-refractivity contribution < 1.29 is 4.42 Å². The summed E-state index contributed by atoms with van der Waals surface area (Å²) in [6.45, 7) is 4.76. The van der Waals surface area contributed by atoms with Crippen LogP contribution < -0.4 is 4.90 Å². The third-order valence-electron chi connectivity index (χ3n) is 13.3. The zero-order valence-corrected chi connectivity index (χ0v) is 33.6. The standard InChI is InChI=1S/C58H41NO/c1-57(2)50-28-13-9-23-43(50)47-26-17-27-48(56(47)57)45-24-11-15-30-53(45)59(40-33-35-55-49(36-40)46-25-12-16-31-54(46)60-55)41-32-34-44-42-22-10-14-29-51(42)58(52(44)37-41,38-18-5-3-6-19-38)39-20-7-4-8-21-39/h3-37H,1-2H3. The maximum atomic E-state index is 6.40. The summed E-state index contributed by atoms with van der Waals surface area (Å²) in [7, 11) is 0. The lowest BCUT2D eigenvalue weighted by Gasteiger charge is -2.35. The molecule has 2 aliphatic carbocycles. The molecule has 1 heterocycles. The molecule has 10 aromatic rings. The summed E-state index contributed by atoms with van der Waals surface area (Å²) in [5, 5.41) is 2.21. The minimum atomic E-state index is -0.531. The summed E-state index contributed by atoms with van der Waals surface area (Å²) in [4.78, 5) is 2.48. The molecule has 2 aliphatic rings. The number of hydrogen-bond acceptors (Lipinski definition) is 2. The van der Waals surface area contributed by atoms with E-state index < -0.39 is 5.41 Å². The zero-order chi connectivity index (χ0) is 40.0. The molecule has 0 spiro atoms. The molecule has 0 amide bonds. The first-order valence-corrected chi connectivity index (χ1v) is 20.9. The number of nitrogens with zero attached hydrogens (tertiary/aromatic N) is 1. The molecule has 9 aromatic carbocycles. The van der Waals surface area contributed by atoms with E-state index in [0.717, 1.165) is 39.0 Å². The second-order valence-corrected chi connectivity index (χ2v) is 16.8. The predicted octanol–water partition coefficient (Wildman–Crippen LogP) is 15.4. The van der Waals surface area contributed by atoms with Crippen LogP contribution in [-0.2, 0) is 10.8 Å². The summed E-state index contributed by atoms with van der Waals surface area (Å²) in [5.41, 5.74) is 19.7. The van der Waals surface area contributed by atoms with Crippen molar-refractivity contribution in [3.63, 3.8) is 0 Å². The molecule has 0 atom stereocenters. The molecule has 0 N–H and O–H groups in total. The average Bonchev–Trinajstić information content (AvgIpc) is 3.91. The quantitative estimate of drug-likeness (QED) is 0.168. The Morgan fingerprint density at radius 1 is 0.367 bits per heavy atom. The number of hydrogen-bond donors (Lipinski definition) is 0. The Morgan fingerprint density at radius 2 is 0.883 bits per heavy atom. The van der Waals surface area contributed by atoms with Crippen LogP contribution in [0.15, 0.2) is 217 Å². The van der Waals surface area contributed by atoms with Crippen molar-refractivity contribution in [2.24, 2.45) is 0 Å². The third kappa shape index (κ3) is 4.82. The monoisotopic (exact) mass is 767 g/mol. The molecule has 12 rings (SSSR count). The normalized spacial score (nSPS) is 14.1. The highest BCUT2D eigenvalue weighted by Gasteiger charge is 2.46. The van der Waals surface area contributed by atoms with Crippen LogP contribution in [0.2, 0.25) is 0 Å². The van der Waals surface area contributed by atoms with E-state index in [4.69, 9.17) is 4.42 Å². The predicted molar refractivity (Wildman–Crippen MR) is 249 cm³/mol. The molecule has 0 radical (unpaired) electrons. The third-order valence-corrected chi connectivity index (χ3v) is 13.3. The van der Waals surface area contributed by atoms with E-state index in [2.05, 4.69) is 225 Å². The molecule has 0 fully saturated rings. The Kier molecular flexibility index (Phi) is 7.52. The second-order valence-electron chi connectivity index (χ2n) is 16.8. The second kappa shape index (κ2) is 13.0. The van der Waals surface area contributed by atoms with Crippen LogP contribution in [0.3, 0.4) is 0 Å². The number of benzene rings is 9. The van der Waals surface area contributed by atoms with Crippen LogP contribution in [0.5, 0.6) is 0 Å². The highest BCUT2D eigenvalue weighted by atomic mass is 16.3. The van der Waals surface area contributed by atoms with Crippen LogP contribution in [0.25, 0.3) is 55.3 Å². The molecular weight excluding hydrogens is 727 g/mol. The van der Waals surface area contributed by atoms with Crippen LogP contribution in [0.1, 0.15) is 47.2 Å². The van der Waals surface area contributed by atoms with Gasteiger partial charge in [0, 0.05) is 33.1 Å². The molecular formula is C58H41NO. The van der Waals surface area contributed by atoms with Gasteiger partial charge < -0.3 is 9.32 Å². The van der Waals surface area contributed by atoms with Gasteiger partial charge in [-0.15, -0.1) is 0 Å². The van der Waals surface area contributed by atoms with Gasteiger partial charge in [-0.3, -0.25) is 0 Å². The van der Waals surface area contributed by atoms with Gasteiger partial charge in [0.05, 0.1) is 11.1 Å². The number of para-hydroxylation sites is 2. The Balaban J connectivity index is 1.15.